The molecule has 5 nitrogen and oxygen atoms in total. The highest BCUT2D eigenvalue weighted by Crippen LogP contribution is 2.33. The minimum absolute atomic E-state index is 0.119. The van der Waals surface area contributed by atoms with Crippen LogP contribution in [0.2, 0.25) is 0 Å². The van der Waals surface area contributed by atoms with Crippen molar-refractivity contribution in [3.8, 4) is 5.75 Å². The monoisotopic (exact) mass is 405 g/mol. The second-order valence-corrected chi connectivity index (χ2v) is 9.69. The largest absolute Gasteiger partial charge is 0.496 e. The molecule has 27 heavy (non-hydrogen) atoms. The minimum atomic E-state index is -3.76. The van der Waals surface area contributed by atoms with Crippen LogP contribution >= 0.6 is 11.3 Å². The summed E-state index contributed by atoms with van der Waals surface area (Å²) in [7, 11) is -2.20. The fourth-order valence-electron chi connectivity index (χ4n) is 3.04. The lowest BCUT2D eigenvalue weighted by atomic mass is 10.1. The number of rotatable bonds is 6. The molecule has 0 saturated carbocycles. The van der Waals surface area contributed by atoms with Crippen molar-refractivity contribution in [1.82, 2.24) is 4.72 Å². The van der Waals surface area contributed by atoms with Crippen LogP contribution in [-0.2, 0) is 15.6 Å². The van der Waals surface area contributed by atoms with Crippen molar-refractivity contribution in [1.29, 1.82) is 0 Å². The second kappa shape index (κ2) is 7.24. The van der Waals surface area contributed by atoms with E-state index in [4.69, 9.17) is 4.74 Å². The summed E-state index contributed by atoms with van der Waals surface area (Å²) in [6, 6.07) is 12.9. The minimum Gasteiger partial charge on any atom is -0.496 e. The van der Waals surface area contributed by atoms with Crippen LogP contribution in [0.1, 0.15) is 22.9 Å². The van der Waals surface area contributed by atoms with E-state index in [-0.39, 0.29) is 11.4 Å². The molecule has 1 heterocycles. The Kier molecular flexibility index (Phi) is 5.31. The average Bonchev–Trinajstić information content (AvgIpc) is 3.05. The Morgan fingerprint density at radius 2 is 1.78 bits per heavy atom. The average molecular weight is 406 g/mol. The zero-order chi connectivity index (χ0) is 19.8. The lowest BCUT2D eigenvalue weighted by Crippen LogP contribution is -2.38. The van der Waals surface area contributed by atoms with Crippen molar-refractivity contribution in [3.05, 3.63) is 58.5 Å². The Morgan fingerprint density at radius 1 is 1.15 bits per heavy atom. The maximum Gasteiger partial charge on any atom is 0.240 e. The van der Waals surface area contributed by atoms with Crippen molar-refractivity contribution in [3.63, 3.8) is 0 Å². The molecule has 3 aromatic rings. The fraction of sp³-hybridized carbons (Fsp3) is 0.300. The number of methoxy groups -OCH3 is 1. The highest BCUT2D eigenvalue weighted by molar-refractivity contribution is 7.89. The maximum atomic E-state index is 12.7. The van der Waals surface area contributed by atoms with Gasteiger partial charge in [0, 0.05) is 16.1 Å². The summed E-state index contributed by atoms with van der Waals surface area (Å²) in [4.78, 5) is 0.874. The molecular formula is C20H23NO4S2. The van der Waals surface area contributed by atoms with Crippen LogP contribution in [0.4, 0.5) is 0 Å². The van der Waals surface area contributed by atoms with Gasteiger partial charge in [-0.15, -0.1) is 11.3 Å². The van der Waals surface area contributed by atoms with E-state index in [0.29, 0.717) is 10.6 Å². The van der Waals surface area contributed by atoms with Gasteiger partial charge in [0.25, 0.3) is 0 Å². The van der Waals surface area contributed by atoms with E-state index in [9.17, 15) is 13.5 Å². The Balaban J connectivity index is 1.83. The third kappa shape index (κ3) is 4.01. The molecule has 0 bridgehead atoms. The molecule has 0 aliphatic rings. The summed E-state index contributed by atoms with van der Waals surface area (Å²) in [5.41, 5.74) is 0.177. The summed E-state index contributed by atoms with van der Waals surface area (Å²) in [5, 5.41) is 11.9. The molecule has 2 N–H and O–H groups in total. The van der Waals surface area contributed by atoms with E-state index in [1.54, 1.807) is 40.0 Å². The zero-order valence-electron chi connectivity index (χ0n) is 15.7. The molecule has 3 rings (SSSR count). The molecule has 0 aliphatic heterocycles. The van der Waals surface area contributed by atoms with Crippen LogP contribution in [0.25, 0.3) is 10.1 Å². The number of nitrogens with one attached hydrogen (secondary N) is 1. The van der Waals surface area contributed by atoms with Crippen molar-refractivity contribution in [2.24, 2.45) is 0 Å². The SMILES string of the molecule is COc1c(C)cc(S(=O)(=O)NCC(C)(O)c2cc3ccccc3s2)cc1C. The van der Waals surface area contributed by atoms with Crippen LogP contribution in [0.3, 0.4) is 0 Å². The van der Waals surface area contributed by atoms with Gasteiger partial charge < -0.3 is 9.84 Å². The Hall–Kier alpha value is -1.93. The maximum absolute atomic E-state index is 12.7. The van der Waals surface area contributed by atoms with Gasteiger partial charge in [-0.3, -0.25) is 0 Å². The Labute approximate surface area is 163 Å². The number of ether oxygens (including phenoxy) is 1. The summed E-state index contributed by atoms with van der Waals surface area (Å²) in [5.74, 6) is 0.672. The van der Waals surface area contributed by atoms with Crippen molar-refractivity contribution >= 4 is 31.4 Å². The number of thiophene rings is 1. The van der Waals surface area contributed by atoms with E-state index in [1.165, 1.54) is 11.3 Å². The second-order valence-electron chi connectivity index (χ2n) is 6.84. The molecule has 2 aromatic carbocycles. The number of sulfonamides is 1. The van der Waals surface area contributed by atoms with Gasteiger partial charge >= 0.3 is 0 Å². The lowest BCUT2D eigenvalue weighted by Gasteiger charge is -2.22. The lowest BCUT2D eigenvalue weighted by molar-refractivity contribution is 0.0666. The molecule has 0 spiro atoms. The molecule has 0 radical (unpaired) electrons. The third-order valence-corrected chi connectivity index (χ3v) is 7.26. The standard InChI is InChI=1S/C20H23NO4S2/c1-13-9-16(10-14(2)19(13)25-4)27(23,24)21-12-20(3,22)18-11-15-7-5-6-8-17(15)26-18/h5-11,21-22H,12H2,1-4H3. The van der Waals surface area contributed by atoms with Crippen molar-refractivity contribution in [2.45, 2.75) is 31.3 Å². The van der Waals surface area contributed by atoms with Gasteiger partial charge in [0.2, 0.25) is 10.0 Å². The van der Waals surface area contributed by atoms with E-state index in [1.807, 2.05) is 30.3 Å². The highest BCUT2D eigenvalue weighted by atomic mass is 32.2. The molecule has 0 amide bonds. The topological polar surface area (TPSA) is 75.6 Å². The molecule has 0 aliphatic carbocycles. The molecule has 1 atom stereocenters. The smallest absolute Gasteiger partial charge is 0.240 e. The fourth-order valence-corrected chi connectivity index (χ4v) is 5.45. The predicted molar refractivity (Wildman–Crippen MR) is 109 cm³/mol. The van der Waals surface area contributed by atoms with E-state index in [2.05, 4.69) is 4.72 Å². The summed E-state index contributed by atoms with van der Waals surface area (Å²) in [6.45, 7) is 5.10. The summed E-state index contributed by atoms with van der Waals surface area (Å²) < 4.78 is 34.3. The molecular weight excluding hydrogens is 382 g/mol. The molecule has 1 aromatic heterocycles. The summed E-state index contributed by atoms with van der Waals surface area (Å²) >= 11 is 1.46. The molecule has 0 fully saturated rings. The third-order valence-electron chi connectivity index (χ3n) is 4.51. The van der Waals surface area contributed by atoms with Crippen LogP contribution in [0, 0.1) is 13.8 Å². The number of benzene rings is 2. The van der Waals surface area contributed by atoms with Crippen LogP contribution < -0.4 is 9.46 Å². The first-order valence-electron chi connectivity index (χ1n) is 8.50. The van der Waals surface area contributed by atoms with Gasteiger partial charge in [-0.05, 0) is 61.5 Å². The summed E-state index contributed by atoms with van der Waals surface area (Å²) in [6.07, 6.45) is 0. The first kappa shape index (κ1) is 19.8. The number of fused-ring (bicyclic) bond motifs is 1. The van der Waals surface area contributed by atoms with Crippen LogP contribution in [0.5, 0.6) is 5.75 Å². The number of aliphatic hydroxyl groups is 1. The molecule has 7 heteroatoms. The van der Waals surface area contributed by atoms with E-state index in [0.717, 1.165) is 21.2 Å². The van der Waals surface area contributed by atoms with E-state index < -0.39 is 15.6 Å². The molecule has 144 valence electrons. The Morgan fingerprint density at radius 3 is 2.37 bits per heavy atom. The van der Waals surface area contributed by atoms with Crippen molar-refractivity contribution in [2.75, 3.05) is 13.7 Å². The van der Waals surface area contributed by atoms with Gasteiger partial charge in [0.15, 0.2) is 0 Å². The number of hydrogen-bond donors (Lipinski definition) is 2. The van der Waals surface area contributed by atoms with E-state index >= 15 is 0 Å². The first-order chi connectivity index (χ1) is 12.6. The van der Waals surface area contributed by atoms with Gasteiger partial charge in [0.1, 0.15) is 11.4 Å². The van der Waals surface area contributed by atoms with Gasteiger partial charge in [-0.25, -0.2) is 13.1 Å². The van der Waals surface area contributed by atoms with Gasteiger partial charge in [-0.1, -0.05) is 18.2 Å². The predicted octanol–water partition coefficient (Wildman–Crippen LogP) is 3.71. The normalized spacial score (nSPS) is 14.3. The molecule has 1 unspecified atom stereocenters. The Bertz CT molecular complexity index is 1030. The van der Waals surface area contributed by atoms with Gasteiger partial charge in [-0.2, -0.15) is 0 Å². The quantitative estimate of drug-likeness (QED) is 0.655. The van der Waals surface area contributed by atoms with Crippen molar-refractivity contribution < 1.29 is 18.3 Å². The molecule has 0 saturated heterocycles. The van der Waals surface area contributed by atoms with Crippen LogP contribution in [-0.4, -0.2) is 27.2 Å². The zero-order valence-corrected chi connectivity index (χ0v) is 17.4. The first-order valence-corrected chi connectivity index (χ1v) is 10.8. The number of aryl methyl sites for hydroxylation is 2. The van der Waals surface area contributed by atoms with Crippen LogP contribution in [0.15, 0.2) is 47.4 Å². The van der Waals surface area contributed by atoms with Gasteiger partial charge in [0.05, 0.1) is 12.0 Å². The number of hydrogen-bond acceptors (Lipinski definition) is 5. The highest BCUT2D eigenvalue weighted by Gasteiger charge is 2.28.